The van der Waals surface area contributed by atoms with Gasteiger partial charge >= 0.3 is 0 Å². The molecule has 94 valence electrons. The van der Waals surface area contributed by atoms with Crippen LogP contribution in [0.2, 0.25) is 0 Å². The Balaban J connectivity index is 1.50. The normalized spacial score (nSPS) is 28.1. The van der Waals surface area contributed by atoms with Crippen molar-refractivity contribution in [1.29, 1.82) is 0 Å². The zero-order valence-corrected chi connectivity index (χ0v) is 11.6. The van der Waals surface area contributed by atoms with Gasteiger partial charge in [0, 0.05) is 17.3 Å². The van der Waals surface area contributed by atoms with Crippen LogP contribution in [0.4, 0.5) is 0 Å². The minimum Gasteiger partial charge on any atom is -0.314 e. The summed E-state index contributed by atoms with van der Waals surface area (Å²) in [6.07, 6.45) is 6.86. The molecule has 0 saturated heterocycles. The molecule has 1 aromatic heterocycles. The molecule has 2 saturated carbocycles. The van der Waals surface area contributed by atoms with Crippen LogP contribution in [-0.4, -0.2) is 17.6 Å². The number of aromatic nitrogens is 1. The van der Waals surface area contributed by atoms with Crippen molar-refractivity contribution in [2.45, 2.75) is 52.0 Å². The van der Waals surface area contributed by atoms with E-state index in [1.54, 1.807) is 0 Å². The number of hydrogen-bond acceptors (Lipinski definition) is 3. The van der Waals surface area contributed by atoms with E-state index in [2.05, 4.69) is 24.1 Å². The molecule has 0 amide bonds. The molecule has 2 aliphatic carbocycles. The van der Waals surface area contributed by atoms with E-state index in [-0.39, 0.29) is 0 Å². The van der Waals surface area contributed by atoms with Crippen LogP contribution in [0.25, 0.3) is 0 Å². The van der Waals surface area contributed by atoms with Gasteiger partial charge in [-0.3, -0.25) is 0 Å². The van der Waals surface area contributed by atoms with Crippen LogP contribution in [0.5, 0.6) is 0 Å². The van der Waals surface area contributed by atoms with Crippen LogP contribution in [0.15, 0.2) is 0 Å². The topological polar surface area (TPSA) is 24.9 Å². The minimum atomic E-state index is 0.862. The van der Waals surface area contributed by atoms with Crippen LogP contribution in [-0.2, 0) is 6.42 Å². The zero-order valence-electron chi connectivity index (χ0n) is 10.8. The van der Waals surface area contributed by atoms with Gasteiger partial charge in [-0.1, -0.05) is 0 Å². The first-order chi connectivity index (χ1) is 8.22. The zero-order chi connectivity index (χ0) is 11.8. The van der Waals surface area contributed by atoms with E-state index in [1.165, 1.54) is 54.2 Å². The third-order valence-corrected chi connectivity index (χ3v) is 5.43. The second kappa shape index (κ2) is 4.69. The van der Waals surface area contributed by atoms with Crippen molar-refractivity contribution in [3.05, 3.63) is 15.6 Å². The van der Waals surface area contributed by atoms with E-state index in [9.17, 15) is 0 Å². The lowest BCUT2D eigenvalue weighted by molar-refractivity contribution is 0.170. The highest BCUT2D eigenvalue weighted by atomic mass is 32.1. The van der Waals surface area contributed by atoms with Gasteiger partial charge in [-0.25, -0.2) is 4.98 Å². The third-order valence-electron chi connectivity index (χ3n) is 4.33. The second-order valence-corrected chi connectivity index (χ2v) is 7.02. The maximum atomic E-state index is 4.67. The standard InChI is InChI=1S/C14H22N2S/c1-9-10(2)17-14(16-9)7-11-3-4-12(11)8-15-13-5-6-13/h11-13,15H,3-8H2,1-2H3. The second-order valence-electron chi connectivity index (χ2n) is 5.73. The summed E-state index contributed by atoms with van der Waals surface area (Å²) in [6.45, 7) is 5.56. The van der Waals surface area contributed by atoms with Crippen molar-refractivity contribution < 1.29 is 0 Å². The first-order valence-corrected chi connectivity index (χ1v) is 7.70. The highest BCUT2D eigenvalue weighted by molar-refractivity contribution is 7.11. The summed E-state index contributed by atoms with van der Waals surface area (Å²) in [4.78, 5) is 6.07. The summed E-state index contributed by atoms with van der Waals surface area (Å²) in [5, 5.41) is 5.04. The van der Waals surface area contributed by atoms with Crippen LogP contribution in [0.1, 0.15) is 41.3 Å². The first kappa shape index (κ1) is 11.7. The molecule has 2 unspecified atom stereocenters. The van der Waals surface area contributed by atoms with Gasteiger partial charge in [-0.15, -0.1) is 11.3 Å². The molecule has 3 rings (SSSR count). The van der Waals surface area contributed by atoms with Gasteiger partial charge in [0.2, 0.25) is 0 Å². The number of hydrogen-bond donors (Lipinski definition) is 1. The fourth-order valence-corrected chi connectivity index (χ4v) is 3.66. The van der Waals surface area contributed by atoms with Crippen molar-refractivity contribution in [2.75, 3.05) is 6.54 Å². The van der Waals surface area contributed by atoms with Crippen molar-refractivity contribution in [3.8, 4) is 0 Å². The molecule has 1 N–H and O–H groups in total. The molecule has 17 heavy (non-hydrogen) atoms. The highest BCUT2D eigenvalue weighted by Crippen LogP contribution is 2.37. The molecule has 3 heteroatoms. The summed E-state index contributed by atoms with van der Waals surface area (Å²) in [6, 6.07) is 0.862. The molecule has 0 spiro atoms. The van der Waals surface area contributed by atoms with Gasteiger partial charge in [0.05, 0.1) is 10.7 Å². The largest absolute Gasteiger partial charge is 0.314 e. The van der Waals surface area contributed by atoms with Gasteiger partial charge < -0.3 is 5.32 Å². The molecular formula is C14H22N2S. The summed E-state index contributed by atoms with van der Waals surface area (Å²) in [5.41, 5.74) is 1.23. The maximum Gasteiger partial charge on any atom is 0.0933 e. The minimum absolute atomic E-state index is 0.862. The van der Waals surface area contributed by atoms with Crippen molar-refractivity contribution in [3.63, 3.8) is 0 Å². The first-order valence-electron chi connectivity index (χ1n) is 6.88. The SMILES string of the molecule is Cc1nc(CC2CCC2CNC2CC2)sc1C. The van der Waals surface area contributed by atoms with Crippen LogP contribution in [0.3, 0.4) is 0 Å². The molecule has 0 radical (unpaired) electrons. The Morgan fingerprint density at radius 3 is 2.47 bits per heavy atom. The van der Waals surface area contributed by atoms with E-state index < -0.39 is 0 Å². The lowest BCUT2D eigenvalue weighted by Crippen LogP contribution is -2.37. The molecule has 2 atom stereocenters. The molecule has 2 nitrogen and oxygen atoms in total. The number of thiazole rings is 1. The lowest BCUT2D eigenvalue weighted by atomic mass is 9.72. The quantitative estimate of drug-likeness (QED) is 0.868. The van der Waals surface area contributed by atoms with E-state index in [0.717, 1.165) is 17.9 Å². The number of nitrogens with one attached hydrogen (secondary N) is 1. The molecule has 0 aromatic carbocycles. The average Bonchev–Trinajstić information content (AvgIpc) is 3.02. The fraction of sp³-hybridized carbons (Fsp3) is 0.786. The molecule has 2 aliphatic rings. The molecule has 1 heterocycles. The molecule has 0 bridgehead atoms. The average molecular weight is 250 g/mol. The number of rotatable bonds is 5. The van der Waals surface area contributed by atoms with Crippen molar-refractivity contribution in [1.82, 2.24) is 10.3 Å². The molecule has 2 fully saturated rings. The smallest absolute Gasteiger partial charge is 0.0933 e. The monoisotopic (exact) mass is 250 g/mol. The Labute approximate surface area is 108 Å². The predicted octanol–water partition coefficient (Wildman–Crippen LogP) is 3.08. The van der Waals surface area contributed by atoms with Gasteiger partial charge in [0.1, 0.15) is 0 Å². The van der Waals surface area contributed by atoms with Gasteiger partial charge in [0.25, 0.3) is 0 Å². The summed E-state index contributed by atoms with van der Waals surface area (Å²) < 4.78 is 0. The number of nitrogens with zero attached hydrogens (tertiary/aromatic N) is 1. The summed E-state index contributed by atoms with van der Waals surface area (Å²) in [5.74, 6) is 1.81. The highest BCUT2D eigenvalue weighted by Gasteiger charge is 2.33. The maximum absolute atomic E-state index is 4.67. The van der Waals surface area contributed by atoms with Crippen molar-refractivity contribution >= 4 is 11.3 Å². The van der Waals surface area contributed by atoms with Gasteiger partial charge in [-0.05, 0) is 57.9 Å². The van der Waals surface area contributed by atoms with E-state index in [0.29, 0.717) is 0 Å². The van der Waals surface area contributed by atoms with Crippen LogP contribution >= 0.6 is 11.3 Å². The lowest BCUT2D eigenvalue weighted by Gasteiger charge is -2.36. The third kappa shape index (κ3) is 2.71. The Hall–Kier alpha value is -0.410. The van der Waals surface area contributed by atoms with Crippen LogP contribution < -0.4 is 5.32 Å². The Bertz CT molecular complexity index is 375. The Morgan fingerprint density at radius 1 is 1.18 bits per heavy atom. The number of aryl methyl sites for hydroxylation is 2. The summed E-state index contributed by atoms with van der Waals surface area (Å²) in [7, 11) is 0. The molecule has 0 aliphatic heterocycles. The molecule has 1 aromatic rings. The Kier molecular flexibility index (Phi) is 3.22. The van der Waals surface area contributed by atoms with E-state index >= 15 is 0 Å². The molecular weight excluding hydrogens is 228 g/mol. The van der Waals surface area contributed by atoms with E-state index in [4.69, 9.17) is 0 Å². The Morgan fingerprint density at radius 2 is 1.94 bits per heavy atom. The fourth-order valence-electron chi connectivity index (χ4n) is 2.63. The summed E-state index contributed by atoms with van der Waals surface area (Å²) >= 11 is 1.90. The van der Waals surface area contributed by atoms with Gasteiger partial charge in [0.15, 0.2) is 0 Å². The van der Waals surface area contributed by atoms with Gasteiger partial charge in [-0.2, -0.15) is 0 Å². The van der Waals surface area contributed by atoms with Crippen LogP contribution in [0, 0.1) is 25.7 Å². The predicted molar refractivity (Wildman–Crippen MR) is 72.5 cm³/mol. The van der Waals surface area contributed by atoms with Crippen molar-refractivity contribution in [2.24, 2.45) is 11.8 Å². The van der Waals surface area contributed by atoms with E-state index in [1.807, 2.05) is 11.3 Å².